The number of hydrogen-bond donors (Lipinski definition) is 0. The van der Waals surface area contributed by atoms with E-state index in [0.29, 0.717) is 28.3 Å². The van der Waals surface area contributed by atoms with Crippen LogP contribution >= 0.6 is 0 Å². The van der Waals surface area contributed by atoms with Crippen molar-refractivity contribution < 1.29 is 17.8 Å². The molecule has 0 amide bonds. The monoisotopic (exact) mass is 1200 g/mol. The zero-order valence-corrected chi connectivity index (χ0v) is 54.2. The van der Waals surface area contributed by atoms with Gasteiger partial charge in [0, 0.05) is 72.6 Å². The number of aromatic nitrogens is 2. The molecule has 0 bridgehead atoms. The molecule has 0 N–H and O–H groups in total. The van der Waals surface area contributed by atoms with Gasteiger partial charge in [0.2, 0.25) is 0 Å². The number of anilines is 6. The Bertz CT molecular complexity index is 5660. The zero-order valence-electron chi connectivity index (χ0n) is 67.2. The lowest BCUT2D eigenvalue weighted by Gasteiger charge is -2.47. The van der Waals surface area contributed by atoms with Gasteiger partial charge in [0.05, 0.1) is 45.9 Å². The summed E-state index contributed by atoms with van der Waals surface area (Å²) in [7, 11) is 0. The quantitative estimate of drug-likeness (QED) is 0.142. The highest BCUT2D eigenvalue weighted by atomic mass is 15.2. The summed E-state index contributed by atoms with van der Waals surface area (Å²) < 4.78 is 123. The van der Waals surface area contributed by atoms with Crippen LogP contribution in [0.2, 0.25) is 0 Å². The van der Waals surface area contributed by atoms with E-state index in [4.69, 9.17) is 11.8 Å². The lowest BCUT2D eigenvalue weighted by Crippen LogP contribution is -2.61. The zero-order chi connectivity index (χ0) is 74.9. The third kappa shape index (κ3) is 9.96. The Kier molecular flexibility index (Phi) is 10.8. The van der Waals surface area contributed by atoms with Gasteiger partial charge in [-0.25, -0.2) is 0 Å². The molecule has 4 heterocycles. The van der Waals surface area contributed by atoms with Gasteiger partial charge in [-0.1, -0.05) is 265 Å². The Morgan fingerprint density at radius 1 is 0.348 bits per heavy atom. The van der Waals surface area contributed by atoms with E-state index in [1.54, 1.807) is 4.57 Å². The van der Waals surface area contributed by atoms with E-state index >= 15 is 0 Å². The average Bonchev–Trinajstić information content (AvgIpc) is 1.40. The number of benzene rings is 11. The van der Waals surface area contributed by atoms with E-state index in [2.05, 4.69) is 208 Å². The average molecular weight is 1200 g/mol. The predicted molar refractivity (Wildman–Crippen MR) is 395 cm³/mol. The van der Waals surface area contributed by atoms with Crippen LogP contribution in [-0.2, 0) is 21.7 Å². The van der Waals surface area contributed by atoms with Crippen LogP contribution in [0.25, 0.3) is 83.3 Å². The van der Waals surface area contributed by atoms with Crippen molar-refractivity contribution in [2.24, 2.45) is 0 Å². The van der Waals surface area contributed by atoms with Crippen molar-refractivity contribution >= 4 is 79.0 Å². The largest absolute Gasteiger partial charge is 0.310 e. The smallest absolute Gasteiger partial charge is 0.252 e. The van der Waals surface area contributed by atoms with Gasteiger partial charge in [-0.2, -0.15) is 0 Å². The second-order valence-corrected chi connectivity index (χ2v) is 28.7. The van der Waals surface area contributed by atoms with E-state index in [0.717, 1.165) is 100 Å². The van der Waals surface area contributed by atoms with Crippen molar-refractivity contribution in [2.45, 2.75) is 105 Å². The summed E-state index contributed by atoms with van der Waals surface area (Å²) >= 11 is 0. The molecule has 0 spiro atoms. The minimum absolute atomic E-state index is 0.0221. The predicted octanol–water partition coefficient (Wildman–Crippen LogP) is 21.8. The van der Waals surface area contributed by atoms with E-state index in [9.17, 15) is 11.0 Å². The van der Waals surface area contributed by atoms with Crippen molar-refractivity contribution in [3.8, 4) is 61.5 Å². The first kappa shape index (κ1) is 45.3. The molecule has 11 aromatic carbocycles. The van der Waals surface area contributed by atoms with E-state index < -0.39 is 84.0 Å². The molecule has 2 aliphatic heterocycles. The lowest BCUT2D eigenvalue weighted by molar-refractivity contribution is 0.569. The maximum Gasteiger partial charge on any atom is 0.252 e. The van der Waals surface area contributed by atoms with Crippen LogP contribution in [0, 0.1) is 0 Å². The van der Waals surface area contributed by atoms with Crippen molar-refractivity contribution in [1.29, 1.82) is 0 Å². The third-order valence-electron chi connectivity index (χ3n) is 18.4. The van der Waals surface area contributed by atoms with Crippen LogP contribution in [0.15, 0.2) is 261 Å². The maximum atomic E-state index is 9.80. The Hall–Kier alpha value is -9.97. The number of rotatable bonds is 8. The summed E-state index contributed by atoms with van der Waals surface area (Å²) in [6.07, 6.45) is 0. The number of para-hydroxylation sites is 2. The van der Waals surface area contributed by atoms with Crippen LogP contribution in [-0.4, -0.2) is 16.3 Å². The second-order valence-electron chi connectivity index (χ2n) is 28.7. The van der Waals surface area contributed by atoms with Gasteiger partial charge in [0.15, 0.2) is 0 Å². The molecule has 4 nitrogen and oxygen atoms in total. The molecule has 0 atom stereocenters. The Morgan fingerprint density at radius 2 is 0.783 bits per heavy atom. The standard InChI is InChI=1S/C87H79BN4/c1-84(2,3)61-49-67(57-32-19-14-20-33-57)82(68(50-61)58-34-21-15-22-35-58)91-76-48-60(56-30-17-13-18-31-56)44-46-71(76)88-72-47-45-64(90-74-41-27-25-38-65(74)66-39-26-28-42-75(66)90)55-77(72)92(79-54-63(86(7,8)9)53-78(91)81(79)88)83-69(59-36-23-16-24-37-59)51-62(85(4,5)6)52-70(83)73-40-29-43-80(89-73)87(10,11)12/h13-55H,1-12H3/i13D,17D,18D,25D,26D,27D,28D,30D,31D,38D,39D,41D,42D. The molecule has 450 valence electrons. The second kappa shape index (κ2) is 21.9. The normalized spacial score (nSPS) is 15.1. The molecule has 0 unspecified atom stereocenters. The van der Waals surface area contributed by atoms with Crippen molar-refractivity contribution in [1.82, 2.24) is 9.55 Å². The van der Waals surface area contributed by atoms with Gasteiger partial charge in [-0.3, -0.25) is 4.98 Å². The molecule has 92 heavy (non-hydrogen) atoms. The fourth-order valence-corrected chi connectivity index (χ4v) is 13.6. The first-order valence-electron chi connectivity index (χ1n) is 38.2. The highest BCUT2D eigenvalue weighted by molar-refractivity contribution is 7.00. The van der Waals surface area contributed by atoms with Crippen molar-refractivity contribution in [3.05, 3.63) is 283 Å². The fraction of sp³-hybridized carbons (Fsp3) is 0.184. The molecule has 2 aliphatic rings. The van der Waals surface area contributed by atoms with Gasteiger partial charge in [-0.05, 0) is 156 Å². The van der Waals surface area contributed by atoms with E-state index in [-0.39, 0.29) is 50.3 Å². The lowest BCUT2D eigenvalue weighted by atomic mass is 9.33. The molecule has 0 fully saturated rings. The molecular weight excluding hydrogens is 1110 g/mol. The minimum atomic E-state index is -0.675. The van der Waals surface area contributed by atoms with Crippen LogP contribution < -0.4 is 26.2 Å². The third-order valence-corrected chi connectivity index (χ3v) is 18.4. The van der Waals surface area contributed by atoms with Gasteiger partial charge in [0.25, 0.3) is 6.71 Å². The van der Waals surface area contributed by atoms with Crippen molar-refractivity contribution in [3.63, 3.8) is 0 Å². The Labute approximate surface area is 562 Å². The molecule has 2 aromatic heterocycles. The SMILES string of the molecule is [2H]c1c([2H])c([2H])c(-c2ccc3c(c2)N(c2c(-c4ccccc4)cc(C(C)(C)C)cc2-c2ccccc2)c2cc(C(C)(C)C)cc4c2B3c2ccc(-n3c5c([2H])c([2H])c([2H])c([2H])c5c5c([2H])c([2H])c([2H])c([2H])c53)cc2N4c2c(-c3ccccc3)cc(C(C)(C)C)cc2-c2cccc(C(C)(C)C)n2)c([2H])c1[2H]. The molecule has 13 aromatic rings. The highest BCUT2D eigenvalue weighted by Gasteiger charge is 2.46. The number of nitrogens with zero attached hydrogens (tertiary/aromatic N) is 4. The number of pyridine rings is 1. The summed E-state index contributed by atoms with van der Waals surface area (Å²) in [5, 5.41) is -0.0924. The minimum Gasteiger partial charge on any atom is -0.310 e. The van der Waals surface area contributed by atoms with Crippen LogP contribution in [0.1, 0.15) is 123 Å². The summed E-state index contributed by atoms with van der Waals surface area (Å²) in [6, 6.07) is 56.9. The first-order chi connectivity index (χ1) is 49.6. The number of fused-ring (bicyclic) bond motifs is 7. The van der Waals surface area contributed by atoms with Gasteiger partial charge >= 0.3 is 0 Å². The summed E-state index contributed by atoms with van der Waals surface area (Å²) in [6.45, 7) is 25.7. The Morgan fingerprint density at radius 3 is 1.27 bits per heavy atom. The van der Waals surface area contributed by atoms with Crippen LogP contribution in [0.4, 0.5) is 34.1 Å². The van der Waals surface area contributed by atoms with Gasteiger partial charge in [0.1, 0.15) is 0 Å². The maximum absolute atomic E-state index is 9.80. The van der Waals surface area contributed by atoms with Gasteiger partial charge in [-0.15, -0.1) is 0 Å². The molecule has 0 saturated carbocycles. The molecule has 0 radical (unpaired) electrons. The van der Waals surface area contributed by atoms with Crippen LogP contribution in [0.5, 0.6) is 0 Å². The Balaban J connectivity index is 1.19. The summed E-state index contributed by atoms with van der Waals surface area (Å²) in [5.41, 5.74) is 17.0. The summed E-state index contributed by atoms with van der Waals surface area (Å²) in [4.78, 5) is 10.4. The van der Waals surface area contributed by atoms with Gasteiger partial charge < -0.3 is 14.4 Å². The molecule has 15 rings (SSSR count). The van der Waals surface area contributed by atoms with Crippen LogP contribution in [0.3, 0.4) is 0 Å². The first-order valence-corrected chi connectivity index (χ1v) is 31.7. The van der Waals surface area contributed by atoms with E-state index in [1.807, 2.05) is 66.7 Å². The van der Waals surface area contributed by atoms with Crippen molar-refractivity contribution in [2.75, 3.05) is 9.80 Å². The molecule has 5 heteroatoms. The molecule has 0 aliphatic carbocycles. The topological polar surface area (TPSA) is 24.3 Å². The number of hydrogen-bond acceptors (Lipinski definition) is 3. The fourth-order valence-electron chi connectivity index (χ4n) is 13.6. The summed E-state index contributed by atoms with van der Waals surface area (Å²) in [5.74, 6) is 0. The molecule has 0 saturated heterocycles. The molecular formula is C87H79BN4. The highest BCUT2D eigenvalue weighted by Crippen LogP contribution is 2.55. The van der Waals surface area contributed by atoms with E-state index in [1.165, 1.54) is 0 Å².